The molecule has 0 saturated carbocycles. The van der Waals surface area contributed by atoms with Crippen LogP contribution >= 0.6 is 11.6 Å². The maximum atomic E-state index is 12.2. The van der Waals surface area contributed by atoms with Gasteiger partial charge in [-0.25, -0.2) is 9.59 Å². The molecule has 1 aliphatic rings. The van der Waals surface area contributed by atoms with Gasteiger partial charge in [0, 0.05) is 17.5 Å². The highest BCUT2D eigenvalue weighted by atomic mass is 35.5. The highest BCUT2D eigenvalue weighted by Crippen LogP contribution is 2.20. The fourth-order valence-corrected chi connectivity index (χ4v) is 3.06. The van der Waals surface area contributed by atoms with Crippen LogP contribution in [0.25, 0.3) is 0 Å². The van der Waals surface area contributed by atoms with Gasteiger partial charge in [0.25, 0.3) is 0 Å². The third-order valence-corrected chi connectivity index (χ3v) is 4.73. The van der Waals surface area contributed by atoms with Gasteiger partial charge in [-0.1, -0.05) is 23.7 Å². The molecule has 29 heavy (non-hydrogen) atoms. The number of benzene rings is 1. The second kappa shape index (κ2) is 11.2. The molecule has 1 amide bonds. The predicted octanol–water partition coefficient (Wildman–Crippen LogP) is 2.62. The lowest BCUT2D eigenvalue weighted by molar-refractivity contribution is -0.159. The molecule has 1 aromatic carbocycles. The monoisotopic (exact) mass is 422 g/mol. The molecule has 0 radical (unpaired) electrons. The van der Waals surface area contributed by atoms with Gasteiger partial charge in [0.05, 0.1) is 12.8 Å². The van der Waals surface area contributed by atoms with Crippen molar-refractivity contribution in [3.8, 4) is 0 Å². The van der Waals surface area contributed by atoms with Crippen molar-refractivity contribution in [2.45, 2.75) is 25.9 Å². The van der Waals surface area contributed by atoms with Crippen LogP contribution in [0.4, 0.5) is 0 Å². The lowest BCUT2D eigenvalue weighted by Gasteiger charge is -2.31. The Bertz CT molecular complexity index is 787. The number of amides is 1. The van der Waals surface area contributed by atoms with Gasteiger partial charge >= 0.3 is 11.9 Å². The second-order valence-corrected chi connectivity index (χ2v) is 7.02. The number of likely N-dealkylation sites (tertiary alicyclic amines) is 1. The summed E-state index contributed by atoms with van der Waals surface area (Å²) in [5.74, 6) is -2.62. The third-order valence-electron chi connectivity index (χ3n) is 4.48. The predicted molar refractivity (Wildman–Crippen MR) is 105 cm³/mol. The van der Waals surface area contributed by atoms with Crippen LogP contribution in [0.2, 0.25) is 5.02 Å². The molecular formula is C20H23ClN2O6. The van der Waals surface area contributed by atoms with Gasteiger partial charge in [0.15, 0.2) is 0 Å². The van der Waals surface area contributed by atoms with Crippen molar-refractivity contribution in [1.29, 1.82) is 0 Å². The van der Waals surface area contributed by atoms with Gasteiger partial charge in [-0.05, 0) is 55.8 Å². The number of carbonyl (C=O) groups is 3. The smallest absolute Gasteiger partial charge is 0.414 e. The van der Waals surface area contributed by atoms with Crippen molar-refractivity contribution in [2.24, 2.45) is 5.92 Å². The van der Waals surface area contributed by atoms with Crippen LogP contribution in [-0.2, 0) is 27.5 Å². The van der Waals surface area contributed by atoms with E-state index in [0.717, 1.165) is 43.3 Å². The molecule has 1 aliphatic heterocycles. The van der Waals surface area contributed by atoms with Crippen molar-refractivity contribution in [3.63, 3.8) is 0 Å². The summed E-state index contributed by atoms with van der Waals surface area (Å²) < 4.78 is 5.23. The fourth-order valence-electron chi connectivity index (χ4n) is 2.93. The summed E-state index contributed by atoms with van der Waals surface area (Å²) in [6.07, 6.45) is 3.42. The Labute approximate surface area is 173 Å². The molecule has 9 heteroatoms. The zero-order chi connectivity index (χ0) is 21.2. The molecule has 3 N–H and O–H groups in total. The van der Waals surface area contributed by atoms with Crippen LogP contribution in [0.5, 0.6) is 0 Å². The fraction of sp³-hybridized carbons (Fsp3) is 0.350. The second-order valence-electron chi connectivity index (χ2n) is 6.58. The first-order chi connectivity index (χ1) is 13.8. The van der Waals surface area contributed by atoms with E-state index in [-0.39, 0.29) is 11.8 Å². The minimum atomic E-state index is -1.82. The molecule has 1 saturated heterocycles. The number of nitrogens with one attached hydrogen (secondary N) is 1. The van der Waals surface area contributed by atoms with E-state index in [1.165, 1.54) is 5.56 Å². The maximum absolute atomic E-state index is 12.2. The average Bonchev–Trinajstić information content (AvgIpc) is 3.22. The lowest BCUT2D eigenvalue weighted by Crippen LogP contribution is -2.40. The minimum Gasteiger partial charge on any atom is -0.473 e. The van der Waals surface area contributed by atoms with E-state index < -0.39 is 11.9 Å². The number of rotatable bonds is 5. The van der Waals surface area contributed by atoms with Crippen LogP contribution < -0.4 is 5.32 Å². The normalized spacial score (nSPS) is 14.5. The summed E-state index contributed by atoms with van der Waals surface area (Å²) in [5, 5.41) is 18.5. The average molecular weight is 423 g/mol. The number of hydrogen-bond donors (Lipinski definition) is 3. The number of hydrogen-bond acceptors (Lipinski definition) is 5. The Kier molecular flexibility index (Phi) is 8.69. The Morgan fingerprint density at radius 2 is 1.69 bits per heavy atom. The summed E-state index contributed by atoms with van der Waals surface area (Å²) in [6.45, 7) is 3.28. The van der Waals surface area contributed by atoms with E-state index in [1.54, 1.807) is 6.26 Å². The van der Waals surface area contributed by atoms with Gasteiger partial charge in [-0.15, -0.1) is 0 Å². The molecular weight excluding hydrogens is 400 g/mol. The van der Waals surface area contributed by atoms with Crippen molar-refractivity contribution < 1.29 is 29.0 Å². The van der Waals surface area contributed by atoms with Crippen molar-refractivity contribution >= 4 is 29.4 Å². The summed E-state index contributed by atoms with van der Waals surface area (Å²) in [4.78, 5) is 32.8. The van der Waals surface area contributed by atoms with Gasteiger partial charge < -0.3 is 19.9 Å². The number of halogens is 1. The Morgan fingerprint density at radius 3 is 2.21 bits per heavy atom. The van der Waals surface area contributed by atoms with Gasteiger partial charge in [0.1, 0.15) is 5.76 Å². The van der Waals surface area contributed by atoms with E-state index in [0.29, 0.717) is 6.54 Å². The number of nitrogens with zero attached hydrogens (tertiary/aromatic N) is 1. The molecule has 8 nitrogen and oxygen atoms in total. The molecule has 1 fully saturated rings. The van der Waals surface area contributed by atoms with Crippen LogP contribution in [-0.4, -0.2) is 46.0 Å². The highest BCUT2D eigenvalue weighted by molar-refractivity contribution is 6.30. The highest BCUT2D eigenvalue weighted by Gasteiger charge is 2.24. The first-order valence-electron chi connectivity index (χ1n) is 9.08. The zero-order valence-electron chi connectivity index (χ0n) is 15.7. The number of piperidine rings is 1. The Hall–Kier alpha value is -2.84. The van der Waals surface area contributed by atoms with Gasteiger partial charge in [-0.2, -0.15) is 0 Å². The quantitative estimate of drug-likeness (QED) is 0.633. The van der Waals surface area contributed by atoms with Crippen molar-refractivity contribution in [1.82, 2.24) is 10.2 Å². The van der Waals surface area contributed by atoms with E-state index in [2.05, 4.69) is 22.3 Å². The number of aliphatic carboxylic acids is 2. The van der Waals surface area contributed by atoms with Gasteiger partial charge in [0.2, 0.25) is 5.91 Å². The number of carbonyl (C=O) groups excluding carboxylic acids is 1. The van der Waals surface area contributed by atoms with Crippen LogP contribution in [0.1, 0.15) is 24.2 Å². The molecule has 0 atom stereocenters. The van der Waals surface area contributed by atoms with E-state index in [1.807, 2.05) is 24.3 Å². The van der Waals surface area contributed by atoms with Crippen molar-refractivity contribution in [3.05, 3.63) is 59.0 Å². The molecule has 156 valence electrons. The first-order valence-corrected chi connectivity index (χ1v) is 9.46. The lowest BCUT2D eigenvalue weighted by atomic mass is 9.95. The van der Waals surface area contributed by atoms with Gasteiger partial charge in [-0.3, -0.25) is 9.69 Å². The number of carboxylic acids is 2. The van der Waals surface area contributed by atoms with Crippen molar-refractivity contribution in [2.75, 3.05) is 13.1 Å². The Morgan fingerprint density at radius 1 is 1.07 bits per heavy atom. The molecule has 2 heterocycles. The number of furan rings is 1. The van der Waals surface area contributed by atoms with E-state index >= 15 is 0 Å². The maximum Gasteiger partial charge on any atom is 0.414 e. The van der Waals surface area contributed by atoms with Crippen LogP contribution in [0.15, 0.2) is 47.1 Å². The molecule has 0 unspecified atom stereocenters. The SMILES string of the molecule is O=C(NCc1ccco1)C1CCN(Cc2ccc(Cl)cc2)CC1.O=C(O)C(=O)O. The van der Waals surface area contributed by atoms with Crippen LogP contribution in [0.3, 0.4) is 0 Å². The van der Waals surface area contributed by atoms with E-state index in [9.17, 15) is 4.79 Å². The van der Waals surface area contributed by atoms with Crippen LogP contribution in [0, 0.1) is 5.92 Å². The number of carboxylic acid groups (broad SMARTS) is 2. The molecule has 1 aromatic heterocycles. The Balaban J connectivity index is 0.000000438. The molecule has 0 spiro atoms. The molecule has 0 aliphatic carbocycles. The summed E-state index contributed by atoms with van der Waals surface area (Å²) in [7, 11) is 0. The largest absolute Gasteiger partial charge is 0.473 e. The molecule has 2 aromatic rings. The zero-order valence-corrected chi connectivity index (χ0v) is 16.5. The third kappa shape index (κ3) is 7.97. The first kappa shape index (κ1) is 22.4. The standard InChI is InChI=1S/C18H21ClN2O2.C2H2O4/c19-16-5-3-14(4-6-16)13-21-9-7-15(8-10-21)18(22)20-12-17-2-1-11-23-17;3-1(4)2(5)6/h1-6,11,15H,7-10,12-13H2,(H,20,22);(H,3,4)(H,5,6). The summed E-state index contributed by atoms with van der Waals surface area (Å²) in [6, 6.07) is 11.7. The summed E-state index contributed by atoms with van der Waals surface area (Å²) in [5.41, 5.74) is 1.26. The molecule has 3 rings (SSSR count). The van der Waals surface area contributed by atoms with E-state index in [4.69, 9.17) is 35.8 Å². The summed E-state index contributed by atoms with van der Waals surface area (Å²) >= 11 is 5.91. The molecule has 0 bridgehead atoms. The topological polar surface area (TPSA) is 120 Å². The minimum absolute atomic E-state index is 0.103.